The van der Waals surface area contributed by atoms with Crippen molar-refractivity contribution in [2.45, 2.75) is 5.75 Å². The number of amides is 2. The van der Waals surface area contributed by atoms with Crippen molar-refractivity contribution >= 4 is 38.9 Å². The molecule has 0 radical (unpaired) electrons. The fraction of sp³-hybridized carbons (Fsp3) is 0.0370. The van der Waals surface area contributed by atoms with Gasteiger partial charge in [0.25, 0.3) is 11.8 Å². The molecule has 0 atom stereocenters. The summed E-state index contributed by atoms with van der Waals surface area (Å²) in [6.07, 6.45) is 0. The van der Waals surface area contributed by atoms with Crippen LogP contribution in [-0.4, -0.2) is 20.2 Å². The molecule has 0 unspecified atom stereocenters. The van der Waals surface area contributed by atoms with Gasteiger partial charge in [-0.15, -0.1) is 0 Å². The lowest BCUT2D eigenvalue weighted by atomic mass is 10.1. The Bertz CT molecular complexity index is 1430. The van der Waals surface area contributed by atoms with Gasteiger partial charge in [0, 0.05) is 18.4 Å². The van der Waals surface area contributed by atoms with Gasteiger partial charge in [-0.3, -0.25) is 9.59 Å². The molecule has 0 bridgehead atoms. The minimum atomic E-state index is -3.94. The van der Waals surface area contributed by atoms with Crippen molar-refractivity contribution in [1.82, 2.24) is 4.72 Å². The summed E-state index contributed by atoms with van der Waals surface area (Å²) in [5, 5.41) is 5.98. The van der Waals surface area contributed by atoms with Crippen molar-refractivity contribution in [2.24, 2.45) is 0 Å². The van der Waals surface area contributed by atoms with Gasteiger partial charge in [-0.2, -0.15) is 0 Å². The molecule has 0 aliphatic heterocycles. The largest absolute Gasteiger partial charge is 0.355 e. The minimum Gasteiger partial charge on any atom is -0.355 e. The molecule has 8 heteroatoms. The van der Waals surface area contributed by atoms with Gasteiger partial charge >= 0.3 is 0 Å². The highest BCUT2D eigenvalue weighted by atomic mass is 32.2. The van der Waals surface area contributed by atoms with Gasteiger partial charge in [-0.1, -0.05) is 66.7 Å². The smallest absolute Gasteiger partial charge is 0.264 e. The molecule has 0 fully saturated rings. The third-order valence-corrected chi connectivity index (χ3v) is 6.27. The maximum atomic E-state index is 13.1. The van der Waals surface area contributed by atoms with Crippen LogP contribution in [0.1, 0.15) is 27.7 Å². The maximum absolute atomic E-state index is 13.1. The van der Waals surface area contributed by atoms with E-state index in [0.717, 1.165) is 5.69 Å². The normalized spacial score (nSPS) is 10.9. The van der Waals surface area contributed by atoms with E-state index >= 15 is 0 Å². The molecular weight excluding hydrogens is 462 g/mol. The van der Waals surface area contributed by atoms with Crippen molar-refractivity contribution in [3.05, 3.63) is 126 Å². The Hall–Kier alpha value is -4.43. The summed E-state index contributed by atoms with van der Waals surface area (Å²) in [6.45, 7) is 0. The van der Waals surface area contributed by atoms with E-state index in [4.69, 9.17) is 0 Å². The monoisotopic (exact) mass is 487 g/mol. The van der Waals surface area contributed by atoms with E-state index in [1.165, 1.54) is 12.1 Å². The predicted octanol–water partition coefficient (Wildman–Crippen LogP) is 5.19. The Morgan fingerprint density at radius 2 is 1.26 bits per heavy atom. The summed E-state index contributed by atoms with van der Waals surface area (Å²) in [6, 6.07) is 31.1. The van der Waals surface area contributed by atoms with Crippen molar-refractivity contribution in [1.29, 1.82) is 0 Å². The number of hydrogen-bond donors (Lipinski definition) is 3. The number of benzene rings is 4. The summed E-state index contributed by atoms with van der Waals surface area (Å²) in [5.41, 5.74) is 2.59. The number of para-hydroxylation sites is 2. The second-order valence-corrected chi connectivity index (χ2v) is 9.47. The Morgan fingerprint density at radius 3 is 1.89 bits per heavy atom. The summed E-state index contributed by atoms with van der Waals surface area (Å²) >= 11 is 0. The lowest BCUT2D eigenvalue weighted by Crippen LogP contribution is -2.31. The van der Waals surface area contributed by atoms with E-state index in [1.807, 2.05) is 36.4 Å². The van der Waals surface area contributed by atoms with Gasteiger partial charge < -0.3 is 10.6 Å². The Balaban J connectivity index is 0.00000361. The van der Waals surface area contributed by atoms with Crippen LogP contribution < -0.4 is 15.4 Å². The first kappa shape index (κ1) is 23.7. The predicted molar refractivity (Wildman–Crippen MR) is 139 cm³/mol. The molecule has 7 nitrogen and oxygen atoms in total. The molecular formula is C27H25N3O4S. The van der Waals surface area contributed by atoms with Gasteiger partial charge in [0.15, 0.2) is 0 Å². The van der Waals surface area contributed by atoms with Crippen molar-refractivity contribution < 1.29 is 19.4 Å². The molecule has 178 valence electrons. The number of rotatable bonds is 8. The van der Waals surface area contributed by atoms with Crippen LogP contribution in [0.4, 0.5) is 17.1 Å². The number of sulfonamides is 1. The molecule has 0 heterocycles. The highest BCUT2D eigenvalue weighted by Crippen LogP contribution is 2.24. The fourth-order valence-electron chi connectivity index (χ4n) is 3.41. The first-order valence-electron chi connectivity index (χ1n) is 10.8. The first-order chi connectivity index (χ1) is 16.9. The van der Waals surface area contributed by atoms with Crippen LogP contribution in [0.3, 0.4) is 0 Å². The van der Waals surface area contributed by atoms with Gasteiger partial charge in [0.05, 0.1) is 17.0 Å². The molecule has 0 saturated heterocycles. The van der Waals surface area contributed by atoms with E-state index in [9.17, 15) is 18.0 Å². The van der Waals surface area contributed by atoms with Crippen LogP contribution >= 0.6 is 0 Å². The summed E-state index contributed by atoms with van der Waals surface area (Å²) < 4.78 is 27.1. The summed E-state index contributed by atoms with van der Waals surface area (Å²) in [7, 11) is -3.94. The van der Waals surface area contributed by atoms with Gasteiger partial charge in [-0.05, 0) is 48.0 Å². The van der Waals surface area contributed by atoms with E-state index in [1.54, 1.807) is 60.7 Å². The Kier molecular flexibility index (Phi) is 7.23. The number of carbonyl (C=O) groups is 2. The molecule has 4 aromatic carbocycles. The average Bonchev–Trinajstić information content (AvgIpc) is 2.85. The minimum absolute atomic E-state index is 0. The van der Waals surface area contributed by atoms with Gasteiger partial charge in [0.2, 0.25) is 10.0 Å². The molecule has 4 aromatic rings. The molecule has 0 spiro atoms. The van der Waals surface area contributed by atoms with E-state index in [0.29, 0.717) is 16.9 Å². The third kappa shape index (κ3) is 6.55. The van der Waals surface area contributed by atoms with Crippen LogP contribution in [-0.2, 0) is 15.8 Å². The second kappa shape index (κ2) is 10.7. The van der Waals surface area contributed by atoms with Crippen molar-refractivity contribution in [3.8, 4) is 0 Å². The zero-order valence-corrected chi connectivity index (χ0v) is 19.5. The van der Waals surface area contributed by atoms with Crippen LogP contribution in [0.15, 0.2) is 109 Å². The molecule has 0 saturated carbocycles. The highest BCUT2D eigenvalue weighted by molar-refractivity contribution is 7.89. The lowest BCUT2D eigenvalue weighted by Gasteiger charge is -2.14. The first-order valence-corrected chi connectivity index (χ1v) is 12.5. The Labute approximate surface area is 205 Å². The molecule has 4 rings (SSSR count). The number of anilines is 3. The average molecular weight is 488 g/mol. The molecule has 3 N–H and O–H groups in total. The van der Waals surface area contributed by atoms with Gasteiger partial charge in [-0.25, -0.2) is 13.1 Å². The van der Waals surface area contributed by atoms with Crippen LogP contribution in [0.5, 0.6) is 0 Å². The Morgan fingerprint density at radius 1 is 0.686 bits per heavy atom. The molecule has 0 aromatic heterocycles. The van der Waals surface area contributed by atoms with Crippen LogP contribution in [0.2, 0.25) is 0 Å². The SMILES string of the molecule is O=C(NS(=O)(=O)Cc1ccccc1)c1ccc(Nc2ccccc2)c(C(=O)Nc2ccccc2)c1.[HH]. The van der Waals surface area contributed by atoms with Gasteiger partial charge in [0.1, 0.15) is 0 Å². The quantitative estimate of drug-likeness (QED) is 0.317. The second-order valence-electron chi connectivity index (χ2n) is 7.75. The number of nitrogens with one attached hydrogen (secondary N) is 3. The molecule has 2 amide bonds. The highest BCUT2D eigenvalue weighted by Gasteiger charge is 2.20. The molecule has 35 heavy (non-hydrogen) atoms. The van der Waals surface area contributed by atoms with Crippen molar-refractivity contribution in [2.75, 3.05) is 10.6 Å². The lowest BCUT2D eigenvalue weighted by molar-refractivity contribution is 0.0981. The van der Waals surface area contributed by atoms with Crippen LogP contribution in [0.25, 0.3) is 0 Å². The van der Waals surface area contributed by atoms with E-state index in [2.05, 4.69) is 15.4 Å². The maximum Gasteiger partial charge on any atom is 0.264 e. The number of hydrogen-bond acceptors (Lipinski definition) is 5. The topological polar surface area (TPSA) is 104 Å². The summed E-state index contributed by atoms with van der Waals surface area (Å²) in [5.74, 6) is -1.61. The molecule has 0 aliphatic carbocycles. The van der Waals surface area contributed by atoms with E-state index in [-0.39, 0.29) is 18.3 Å². The zero-order valence-electron chi connectivity index (χ0n) is 18.6. The number of carbonyl (C=O) groups excluding carboxylic acids is 2. The third-order valence-electron chi connectivity index (χ3n) is 5.06. The van der Waals surface area contributed by atoms with E-state index < -0.39 is 21.8 Å². The van der Waals surface area contributed by atoms with Crippen molar-refractivity contribution in [3.63, 3.8) is 0 Å². The fourth-order valence-corrected chi connectivity index (χ4v) is 4.51. The summed E-state index contributed by atoms with van der Waals surface area (Å²) in [4.78, 5) is 25.9. The molecule has 0 aliphatic rings. The standard InChI is InChI=1S/C27H23N3O4S.H2/c31-26(30-35(33,34)19-20-10-4-1-5-11-20)21-16-17-25(28-22-12-6-2-7-13-22)24(18-21)27(32)29-23-14-8-3-9-15-23;/h1-18,28H,19H2,(H,29,32)(H,30,31);1H. The zero-order chi connectivity index (χ0) is 24.7. The van der Waals surface area contributed by atoms with Crippen LogP contribution in [0, 0.1) is 0 Å².